The number of likely N-dealkylation sites (tertiary alicyclic amines) is 1. The lowest BCUT2D eigenvalue weighted by molar-refractivity contribution is 0.0678. The Kier molecular flexibility index (Phi) is 3.92. The smallest absolute Gasteiger partial charge is 0.257 e. The fourth-order valence-electron chi connectivity index (χ4n) is 2.14. The molecule has 0 aliphatic carbocycles. The zero-order chi connectivity index (χ0) is 12.4. The number of carbonyl (C=O) groups excluding carboxylic acids is 1. The van der Waals surface area contributed by atoms with Crippen molar-refractivity contribution in [2.45, 2.75) is 18.9 Å². The first-order chi connectivity index (χ1) is 8.15. The minimum Gasteiger partial charge on any atom is -0.394 e. The van der Waals surface area contributed by atoms with E-state index in [9.17, 15) is 9.90 Å². The summed E-state index contributed by atoms with van der Waals surface area (Å²) in [4.78, 5) is 13.9. The van der Waals surface area contributed by atoms with Crippen molar-refractivity contribution in [3.63, 3.8) is 0 Å². The Bertz CT molecular complexity index is 416. The van der Waals surface area contributed by atoms with Crippen LogP contribution in [0, 0.1) is 0 Å². The van der Waals surface area contributed by atoms with Crippen LogP contribution in [0.25, 0.3) is 0 Å². The van der Waals surface area contributed by atoms with Crippen LogP contribution in [-0.2, 0) is 0 Å². The molecule has 17 heavy (non-hydrogen) atoms. The van der Waals surface area contributed by atoms with E-state index < -0.39 is 0 Å². The van der Waals surface area contributed by atoms with Gasteiger partial charge in [-0.3, -0.25) is 4.79 Å². The molecule has 5 heteroatoms. The van der Waals surface area contributed by atoms with Crippen LogP contribution in [0.15, 0.2) is 18.2 Å². The average molecular weight is 274 g/mol. The lowest BCUT2D eigenvalue weighted by atomic mass is 10.1. The number of benzene rings is 1. The van der Waals surface area contributed by atoms with Crippen molar-refractivity contribution in [2.75, 3.05) is 13.2 Å². The molecule has 0 saturated carbocycles. The van der Waals surface area contributed by atoms with E-state index >= 15 is 0 Å². The van der Waals surface area contributed by atoms with E-state index in [1.807, 2.05) is 0 Å². The highest BCUT2D eigenvalue weighted by molar-refractivity contribution is 6.39. The summed E-state index contributed by atoms with van der Waals surface area (Å²) in [6.45, 7) is 0.624. The molecular weight excluding hydrogens is 261 g/mol. The molecule has 1 aliphatic heterocycles. The Morgan fingerprint density at radius 2 is 2.06 bits per heavy atom. The normalized spacial score (nSPS) is 19.7. The number of hydrogen-bond acceptors (Lipinski definition) is 2. The predicted octanol–water partition coefficient (Wildman–Crippen LogP) is 2.59. The zero-order valence-corrected chi connectivity index (χ0v) is 10.7. The number of amides is 1. The average Bonchev–Trinajstić information content (AvgIpc) is 2.76. The summed E-state index contributed by atoms with van der Waals surface area (Å²) in [5, 5.41) is 9.92. The van der Waals surface area contributed by atoms with Gasteiger partial charge in [-0.1, -0.05) is 29.3 Å². The molecule has 0 bridgehead atoms. The molecular formula is C12H13Cl2NO2. The Morgan fingerprint density at radius 1 is 1.41 bits per heavy atom. The number of carbonyl (C=O) groups is 1. The molecule has 0 radical (unpaired) electrons. The molecule has 0 unspecified atom stereocenters. The van der Waals surface area contributed by atoms with E-state index in [4.69, 9.17) is 23.2 Å². The second kappa shape index (κ2) is 5.25. The highest BCUT2D eigenvalue weighted by atomic mass is 35.5. The van der Waals surface area contributed by atoms with Gasteiger partial charge in [0.1, 0.15) is 0 Å². The maximum absolute atomic E-state index is 12.3. The van der Waals surface area contributed by atoms with E-state index in [1.165, 1.54) is 0 Å². The van der Waals surface area contributed by atoms with Crippen LogP contribution in [0.1, 0.15) is 23.2 Å². The quantitative estimate of drug-likeness (QED) is 0.900. The third kappa shape index (κ3) is 2.41. The van der Waals surface area contributed by atoms with Crippen LogP contribution in [-0.4, -0.2) is 35.1 Å². The SMILES string of the molecule is O=C(c1c(Cl)cccc1Cl)N1CCC[C@@H]1CO. The number of nitrogens with zero attached hydrogens (tertiary/aromatic N) is 1. The van der Waals surface area contributed by atoms with Crippen molar-refractivity contribution >= 4 is 29.1 Å². The van der Waals surface area contributed by atoms with Gasteiger partial charge in [0.2, 0.25) is 0 Å². The molecule has 92 valence electrons. The van der Waals surface area contributed by atoms with Crippen LogP contribution < -0.4 is 0 Å². The molecule has 1 atom stereocenters. The largest absolute Gasteiger partial charge is 0.394 e. The van der Waals surface area contributed by atoms with Gasteiger partial charge in [-0.25, -0.2) is 0 Å². The second-order valence-corrected chi connectivity index (χ2v) is 4.89. The summed E-state index contributed by atoms with van der Waals surface area (Å²) in [6, 6.07) is 4.87. The van der Waals surface area contributed by atoms with E-state index in [0.29, 0.717) is 22.2 Å². The molecule has 1 heterocycles. The van der Waals surface area contributed by atoms with Gasteiger partial charge in [0.05, 0.1) is 28.3 Å². The summed E-state index contributed by atoms with van der Waals surface area (Å²) in [6.07, 6.45) is 1.73. The molecule has 1 saturated heterocycles. The number of halogens is 2. The fraction of sp³-hybridized carbons (Fsp3) is 0.417. The maximum Gasteiger partial charge on any atom is 0.257 e. The topological polar surface area (TPSA) is 40.5 Å². The second-order valence-electron chi connectivity index (χ2n) is 4.07. The summed E-state index contributed by atoms with van der Waals surface area (Å²) in [5.41, 5.74) is 0.330. The maximum atomic E-state index is 12.3. The molecule has 3 nitrogen and oxygen atoms in total. The van der Waals surface area contributed by atoms with Crippen LogP contribution in [0.4, 0.5) is 0 Å². The molecule has 1 aromatic carbocycles. The number of aliphatic hydroxyl groups is 1. The van der Waals surface area contributed by atoms with Gasteiger partial charge in [0.25, 0.3) is 5.91 Å². The molecule has 1 N–H and O–H groups in total. The minimum absolute atomic E-state index is 0.0200. The van der Waals surface area contributed by atoms with E-state index in [-0.39, 0.29) is 18.6 Å². The first-order valence-electron chi connectivity index (χ1n) is 5.51. The van der Waals surface area contributed by atoms with Crippen LogP contribution in [0.5, 0.6) is 0 Å². The van der Waals surface area contributed by atoms with Gasteiger partial charge < -0.3 is 10.0 Å². The molecule has 1 amide bonds. The van der Waals surface area contributed by atoms with Crippen LogP contribution in [0.3, 0.4) is 0 Å². The molecule has 1 fully saturated rings. The Labute approximate surface area is 110 Å². The molecule has 0 spiro atoms. The first-order valence-corrected chi connectivity index (χ1v) is 6.26. The summed E-state index contributed by atoms with van der Waals surface area (Å²) >= 11 is 12.0. The van der Waals surface area contributed by atoms with Gasteiger partial charge in [0, 0.05) is 6.54 Å². The minimum atomic E-state index is -0.197. The number of aliphatic hydroxyl groups excluding tert-OH is 1. The summed E-state index contributed by atoms with van der Waals surface area (Å²) < 4.78 is 0. The highest BCUT2D eigenvalue weighted by Gasteiger charge is 2.30. The first kappa shape index (κ1) is 12.7. The Hall–Kier alpha value is -0.770. The van der Waals surface area contributed by atoms with Crippen LogP contribution >= 0.6 is 23.2 Å². The fourth-order valence-corrected chi connectivity index (χ4v) is 2.70. The summed E-state index contributed by atoms with van der Waals surface area (Å²) in [7, 11) is 0. The molecule has 2 rings (SSSR count). The van der Waals surface area contributed by atoms with Crippen molar-refractivity contribution < 1.29 is 9.90 Å². The van der Waals surface area contributed by atoms with Crippen LogP contribution in [0.2, 0.25) is 10.0 Å². The zero-order valence-electron chi connectivity index (χ0n) is 9.20. The standard InChI is InChI=1S/C12H13Cl2NO2/c13-9-4-1-5-10(14)11(9)12(17)15-6-2-3-8(15)7-16/h1,4-5,8,16H,2-3,6-7H2/t8-/m1/s1. The van der Waals surface area contributed by atoms with E-state index in [0.717, 1.165) is 12.8 Å². The van der Waals surface area contributed by atoms with Crippen molar-refractivity contribution in [1.29, 1.82) is 0 Å². The van der Waals surface area contributed by atoms with Crippen molar-refractivity contribution in [2.24, 2.45) is 0 Å². The number of rotatable bonds is 2. The predicted molar refractivity (Wildman–Crippen MR) is 67.6 cm³/mol. The lowest BCUT2D eigenvalue weighted by Gasteiger charge is -2.23. The highest BCUT2D eigenvalue weighted by Crippen LogP contribution is 2.28. The van der Waals surface area contributed by atoms with Gasteiger partial charge in [-0.2, -0.15) is 0 Å². The van der Waals surface area contributed by atoms with Gasteiger partial charge in [-0.05, 0) is 25.0 Å². The molecule has 0 aromatic heterocycles. The van der Waals surface area contributed by atoms with E-state index in [2.05, 4.69) is 0 Å². The Balaban J connectivity index is 2.31. The summed E-state index contributed by atoms with van der Waals surface area (Å²) in [5.74, 6) is -0.197. The third-order valence-electron chi connectivity index (χ3n) is 3.03. The van der Waals surface area contributed by atoms with Gasteiger partial charge >= 0.3 is 0 Å². The van der Waals surface area contributed by atoms with Crippen molar-refractivity contribution in [3.8, 4) is 0 Å². The number of hydrogen-bond donors (Lipinski definition) is 1. The monoisotopic (exact) mass is 273 g/mol. The third-order valence-corrected chi connectivity index (χ3v) is 3.66. The van der Waals surface area contributed by atoms with E-state index in [1.54, 1.807) is 23.1 Å². The lowest BCUT2D eigenvalue weighted by Crippen LogP contribution is -2.37. The van der Waals surface area contributed by atoms with Crippen molar-refractivity contribution in [3.05, 3.63) is 33.8 Å². The Morgan fingerprint density at radius 3 is 2.65 bits per heavy atom. The molecule has 1 aromatic rings. The van der Waals surface area contributed by atoms with Crippen molar-refractivity contribution in [1.82, 2.24) is 4.90 Å². The van der Waals surface area contributed by atoms with Gasteiger partial charge in [0.15, 0.2) is 0 Å². The molecule has 1 aliphatic rings. The van der Waals surface area contributed by atoms with Gasteiger partial charge in [-0.15, -0.1) is 0 Å².